The molecule has 0 bridgehead atoms. The van der Waals surface area contributed by atoms with Crippen LogP contribution in [-0.4, -0.2) is 72.6 Å². The third-order valence-corrected chi connectivity index (χ3v) is 9.33. The van der Waals surface area contributed by atoms with Crippen LogP contribution < -0.4 is 16.0 Å². The molecule has 4 aromatic carbocycles. The molecule has 0 aromatic heterocycles. The third-order valence-electron chi connectivity index (χ3n) is 9.33. The molecular weight excluding hydrogens is 807 g/mol. The van der Waals surface area contributed by atoms with Gasteiger partial charge < -0.3 is 29.0 Å². The summed E-state index contributed by atoms with van der Waals surface area (Å²) in [5.74, 6) is -4.29. The van der Waals surface area contributed by atoms with Crippen molar-refractivity contribution < 1.29 is 52.5 Å². The van der Waals surface area contributed by atoms with Gasteiger partial charge in [0, 0.05) is 32.0 Å². The van der Waals surface area contributed by atoms with Gasteiger partial charge in [-0.1, -0.05) is 128 Å². The fraction of sp³-hybridized carbons (Fsp3) is 0.388. The Morgan fingerprint density at radius 3 is 1.30 bits per heavy atom. The smallest absolute Gasteiger partial charge is 0.335 e. The molecule has 3 N–H and O–H groups in total. The maximum Gasteiger partial charge on any atom is 0.335 e. The van der Waals surface area contributed by atoms with Crippen LogP contribution in [-0.2, 0) is 78.9 Å². The molecule has 0 aliphatic heterocycles. The Hall–Kier alpha value is -6.38. The van der Waals surface area contributed by atoms with Gasteiger partial charge in [0.1, 0.15) is 32.0 Å². The number of rotatable bonds is 26. The predicted molar refractivity (Wildman–Crippen MR) is 234 cm³/mol. The molecule has 0 fully saturated rings. The first-order chi connectivity index (χ1) is 30.4. The van der Waals surface area contributed by atoms with Crippen molar-refractivity contribution >= 4 is 35.8 Å². The van der Waals surface area contributed by atoms with Gasteiger partial charge in [-0.25, -0.2) is 19.2 Å². The summed E-state index contributed by atoms with van der Waals surface area (Å²) in [6.07, 6.45) is 2.16. The molecule has 0 aliphatic carbocycles. The lowest BCUT2D eigenvalue weighted by Gasteiger charge is -2.26. The van der Waals surface area contributed by atoms with Crippen LogP contribution in [0.2, 0.25) is 0 Å². The normalized spacial score (nSPS) is 11.6. The molecule has 14 heteroatoms. The van der Waals surface area contributed by atoms with Gasteiger partial charge in [-0.05, 0) is 62.3 Å². The van der Waals surface area contributed by atoms with Crippen LogP contribution >= 0.6 is 0 Å². The summed E-state index contributed by atoms with van der Waals surface area (Å²) in [6, 6.07) is 31.6. The van der Waals surface area contributed by atoms with Gasteiger partial charge >= 0.3 is 29.8 Å². The average Bonchev–Trinajstić information content (AvgIpc) is 3.28. The zero-order valence-corrected chi connectivity index (χ0v) is 36.3. The molecule has 0 heterocycles. The highest BCUT2D eigenvalue weighted by Gasteiger charge is 2.35. The third kappa shape index (κ3) is 19.9. The Balaban J connectivity index is 1.49. The molecule has 1 unspecified atom stereocenters. The average molecular weight is 866 g/mol. The molecule has 14 nitrogen and oxygen atoms in total. The molecule has 1 amide bonds. The summed E-state index contributed by atoms with van der Waals surface area (Å²) in [7, 11) is 0. The zero-order valence-electron chi connectivity index (χ0n) is 36.3. The quantitative estimate of drug-likeness (QED) is 0.0288. The molecule has 0 saturated heterocycles. The van der Waals surface area contributed by atoms with E-state index in [1.54, 1.807) is 97.1 Å². The summed E-state index contributed by atoms with van der Waals surface area (Å²) in [4.78, 5) is 79.8. The Morgan fingerprint density at radius 1 is 0.508 bits per heavy atom. The van der Waals surface area contributed by atoms with Crippen LogP contribution in [0, 0.1) is 0 Å². The highest BCUT2D eigenvalue weighted by molar-refractivity contribution is 6.00. The van der Waals surface area contributed by atoms with E-state index in [-0.39, 0.29) is 64.1 Å². The van der Waals surface area contributed by atoms with Gasteiger partial charge in [0.2, 0.25) is 18.0 Å². The summed E-state index contributed by atoms with van der Waals surface area (Å²) in [6.45, 7) is 5.09. The summed E-state index contributed by atoms with van der Waals surface area (Å²) in [5, 5.41) is 8.79. The maximum absolute atomic E-state index is 13.7. The number of unbranched alkanes of at least 4 members (excludes halogenated alkanes) is 2. The summed E-state index contributed by atoms with van der Waals surface area (Å²) in [5.41, 5.74) is 2.21. The predicted octanol–water partition coefficient (Wildman–Crippen LogP) is 6.04. The lowest BCUT2D eigenvalue weighted by Crippen LogP contribution is -2.55. The highest BCUT2D eigenvalue weighted by Crippen LogP contribution is 2.12. The summed E-state index contributed by atoms with van der Waals surface area (Å²) >= 11 is 0. The number of hydrogen-bond acceptors (Lipinski definition) is 13. The van der Waals surface area contributed by atoms with Gasteiger partial charge in [-0.15, -0.1) is 0 Å². The minimum absolute atomic E-state index is 0.0384. The van der Waals surface area contributed by atoms with Crippen LogP contribution in [0.25, 0.3) is 0 Å². The number of hydrogen-bond donors (Lipinski definition) is 3. The molecule has 1 atom stereocenters. The lowest BCUT2D eigenvalue weighted by atomic mass is 10.1. The van der Waals surface area contributed by atoms with E-state index in [9.17, 15) is 28.8 Å². The van der Waals surface area contributed by atoms with Gasteiger partial charge in [-0.2, -0.15) is 0 Å². The first-order valence-corrected chi connectivity index (χ1v) is 21.2. The largest absolute Gasteiger partial charge is 0.460 e. The minimum atomic E-state index is -1.66. The SMILES string of the molecule is CC(C)(C)OC(=O)CCCCCNC(=O)CCC(CNC(C(=O)OCc1ccccc1)C(=O)OCc1ccccc1)NC(C(=O)OCc1ccccc1)C(=O)OCc1ccccc1. The Bertz CT molecular complexity index is 1900. The minimum Gasteiger partial charge on any atom is -0.460 e. The Kier molecular flexibility index (Phi) is 21.0. The second kappa shape index (κ2) is 26.8. The van der Waals surface area contributed by atoms with Crippen molar-refractivity contribution in [3.05, 3.63) is 144 Å². The molecule has 63 heavy (non-hydrogen) atoms. The maximum atomic E-state index is 13.7. The number of carbonyl (C=O) groups excluding carboxylic acids is 6. The Morgan fingerprint density at radius 2 is 0.905 bits per heavy atom. The van der Waals surface area contributed by atoms with Gasteiger partial charge in [0.15, 0.2) is 0 Å². The number of amides is 1. The van der Waals surface area contributed by atoms with Crippen molar-refractivity contribution in [2.75, 3.05) is 13.1 Å². The van der Waals surface area contributed by atoms with E-state index in [0.29, 0.717) is 48.1 Å². The zero-order chi connectivity index (χ0) is 45.3. The standard InChI is InChI=1S/C49H59N3O11/c1-49(2,3)63-42(54)27-17-8-18-30-50-41(53)29-28-40(52-44(47(57)61-34-38-23-13-6-14-24-38)48(58)62-35-39-25-15-7-16-26-39)31-51-43(45(55)59-32-36-19-9-4-10-20-36)46(56)60-33-37-21-11-5-12-22-37/h4-7,9-16,19-26,40,43-44,51-52H,8,17-18,27-35H2,1-3H3,(H,50,53). The van der Waals surface area contributed by atoms with E-state index < -0.39 is 47.6 Å². The molecular formula is C49H59N3O11. The van der Waals surface area contributed by atoms with E-state index in [2.05, 4.69) is 16.0 Å². The molecule has 336 valence electrons. The highest BCUT2D eigenvalue weighted by atomic mass is 16.6. The first kappa shape index (κ1) is 49.3. The van der Waals surface area contributed by atoms with E-state index in [4.69, 9.17) is 23.7 Å². The number of esters is 5. The van der Waals surface area contributed by atoms with Crippen LogP contribution in [0.3, 0.4) is 0 Å². The van der Waals surface area contributed by atoms with Crippen LogP contribution in [0.15, 0.2) is 121 Å². The van der Waals surface area contributed by atoms with E-state index in [0.717, 1.165) is 0 Å². The van der Waals surface area contributed by atoms with Gasteiger partial charge in [-0.3, -0.25) is 20.2 Å². The number of benzene rings is 4. The monoisotopic (exact) mass is 865 g/mol. The topological polar surface area (TPSA) is 185 Å². The molecule has 0 aliphatic rings. The summed E-state index contributed by atoms with van der Waals surface area (Å²) < 4.78 is 27.6. The molecule has 0 saturated carbocycles. The lowest BCUT2D eigenvalue weighted by molar-refractivity contribution is -0.162. The van der Waals surface area contributed by atoms with Crippen LogP contribution in [0.4, 0.5) is 0 Å². The van der Waals surface area contributed by atoms with Crippen molar-refractivity contribution in [1.29, 1.82) is 0 Å². The second-order valence-corrected chi connectivity index (χ2v) is 15.8. The van der Waals surface area contributed by atoms with Crippen molar-refractivity contribution in [1.82, 2.24) is 16.0 Å². The molecule has 4 aromatic rings. The fourth-order valence-electron chi connectivity index (χ4n) is 6.07. The van der Waals surface area contributed by atoms with Gasteiger partial charge in [0.05, 0.1) is 0 Å². The molecule has 0 radical (unpaired) electrons. The van der Waals surface area contributed by atoms with Crippen molar-refractivity contribution in [3.8, 4) is 0 Å². The Labute approximate surface area is 369 Å². The van der Waals surface area contributed by atoms with Crippen molar-refractivity contribution in [2.24, 2.45) is 0 Å². The number of nitrogens with one attached hydrogen (secondary N) is 3. The van der Waals surface area contributed by atoms with Crippen LogP contribution in [0.1, 0.15) is 81.5 Å². The first-order valence-electron chi connectivity index (χ1n) is 21.2. The van der Waals surface area contributed by atoms with Crippen molar-refractivity contribution in [3.63, 3.8) is 0 Å². The van der Waals surface area contributed by atoms with Gasteiger partial charge in [0.25, 0.3) is 0 Å². The molecule has 0 spiro atoms. The fourth-order valence-corrected chi connectivity index (χ4v) is 6.07. The van der Waals surface area contributed by atoms with Crippen LogP contribution in [0.5, 0.6) is 0 Å². The second-order valence-electron chi connectivity index (χ2n) is 15.8. The van der Waals surface area contributed by atoms with E-state index >= 15 is 0 Å². The van der Waals surface area contributed by atoms with E-state index in [1.165, 1.54) is 0 Å². The number of carbonyl (C=O) groups is 6. The van der Waals surface area contributed by atoms with E-state index in [1.807, 2.05) is 45.0 Å². The van der Waals surface area contributed by atoms with Crippen molar-refractivity contribution in [2.45, 2.75) is 109 Å². The molecule has 4 rings (SSSR count). The number of ether oxygens (including phenoxy) is 5.